The van der Waals surface area contributed by atoms with E-state index in [1.165, 1.54) is 0 Å². The maximum atomic E-state index is 13.1. The molecule has 0 aliphatic heterocycles. The van der Waals surface area contributed by atoms with E-state index in [1.807, 2.05) is 60.7 Å². The predicted molar refractivity (Wildman–Crippen MR) is 125 cm³/mol. The first-order valence-corrected chi connectivity index (χ1v) is 10.7. The van der Waals surface area contributed by atoms with E-state index in [1.54, 1.807) is 7.05 Å². The lowest BCUT2D eigenvalue weighted by atomic mass is 10.0. The zero-order chi connectivity index (χ0) is 21.9. The lowest BCUT2D eigenvalue weighted by Crippen LogP contribution is -2.54. The third kappa shape index (κ3) is 7.95. The molecule has 0 saturated heterocycles. The van der Waals surface area contributed by atoms with Crippen molar-refractivity contribution in [2.45, 2.75) is 45.2 Å². The van der Waals surface area contributed by atoms with Gasteiger partial charge in [0, 0.05) is 19.9 Å². The predicted octanol–water partition coefficient (Wildman–Crippen LogP) is 3.03. The van der Waals surface area contributed by atoms with Crippen LogP contribution in [0.1, 0.15) is 31.4 Å². The van der Waals surface area contributed by atoms with Crippen molar-refractivity contribution in [3.63, 3.8) is 0 Å². The van der Waals surface area contributed by atoms with E-state index >= 15 is 0 Å². The fourth-order valence-electron chi connectivity index (χ4n) is 3.24. The van der Waals surface area contributed by atoms with E-state index in [0.29, 0.717) is 30.2 Å². The first-order chi connectivity index (χ1) is 14.4. The largest absolute Gasteiger partial charge is 0.368 e. The SMILES string of the molecule is CNC(=O)[C@H](Cc1ccccc1)NC(=O)[C@H](CC(C)C)NC(=S)Cc1ccccc1. The molecule has 2 aromatic rings. The van der Waals surface area contributed by atoms with Gasteiger partial charge in [-0.1, -0.05) is 86.7 Å². The smallest absolute Gasteiger partial charge is 0.243 e. The van der Waals surface area contributed by atoms with Crippen LogP contribution in [0.15, 0.2) is 60.7 Å². The minimum Gasteiger partial charge on any atom is -0.368 e. The topological polar surface area (TPSA) is 70.2 Å². The Bertz CT molecular complexity index is 825. The molecule has 2 atom stereocenters. The van der Waals surface area contributed by atoms with Crippen LogP contribution in [0.25, 0.3) is 0 Å². The first kappa shape index (κ1) is 23.5. The standard InChI is InChI=1S/C24H31N3O2S/c1-17(2)14-20(26-22(30)16-19-12-8-5-9-13-19)24(29)27-21(23(28)25-3)15-18-10-6-4-7-11-18/h4-13,17,20-21H,14-16H2,1-3H3,(H,25,28)(H,26,30)(H,27,29)/t20-,21-/m0/s1. The summed E-state index contributed by atoms with van der Waals surface area (Å²) >= 11 is 5.51. The summed E-state index contributed by atoms with van der Waals surface area (Å²) in [5.74, 6) is -0.147. The number of benzene rings is 2. The molecule has 5 nitrogen and oxygen atoms in total. The average Bonchev–Trinajstić information content (AvgIpc) is 2.73. The molecule has 0 aliphatic rings. The summed E-state index contributed by atoms with van der Waals surface area (Å²) in [6, 6.07) is 18.4. The third-order valence-electron chi connectivity index (χ3n) is 4.73. The molecule has 0 bridgehead atoms. The van der Waals surface area contributed by atoms with E-state index in [4.69, 9.17) is 12.2 Å². The molecule has 6 heteroatoms. The summed E-state index contributed by atoms with van der Waals surface area (Å²) < 4.78 is 0. The van der Waals surface area contributed by atoms with E-state index in [2.05, 4.69) is 29.8 Å². The lowest BCUT2D eigenvalue weighted by Gasteiger charge is -2.25. The molecule has 0 fully saturated rings. The molecule has 30 heavy (non-hydrogen) atoms. The van der Waals surface area contributed by atoms with Gasteiger partial charge in [0.05, 0.1) is 4.99 Å². The molecule has 2 amide bonds. The van der Waals surface area contributed by atoms with Crippen molar-refractivity contribution in [2.75, 3.05) is 7.05 Å². The highest BCUT2D eigenvalue weighted by Crippen LogP contribution is 2.09. The summed E-state index contributed by atoms with van der Waals surface area (Å²) in [5.41, 5.74) is 2.07. The van der Waals surface area contributed by atoms with Crippen molar-refractivity contribution in [1.29, 1.82) is 0 Å². The molecular formula is C24H31N3O2S. The number of likely N-dealkylation sites (N-methyl/N-ethyl adjacent to an activating group) is 1. The van der Waals surface area contributed by atoms with Crippen LogP contribution in [0.4, 0.5) is 0 Å². The number of thiocarbonyl (C=S) groups is 1. The van der Waals surface area contributed by atoms with E-state index < -0.39 is 12.1 Å². The van der Waals surface area contributed by atoms with E-state index in [0.717, 1.165) is 11.1 Å². The number of carbonyl (C=O) groups excluding carboxylic acids is 2. The molecule has 0 aromatic heterocycles. The number of hydrogen-bond donors (Lipinski definition) is 3. The maximum absolute atomic E-state index is 13.1. The van der Waals surface area contributed by atoms with E-state index in [-0.39, 0.29) is 11.8 Å². The summed E-state index contributed by atoms with van der Waals surface area (Å²) in [7, 11) is 1.57. The highest BCUT2D eigenvalue weighted by atomic mass is 32.1. The molecule has 0 saturated carbocycles. The van der Waals surface area contributed by atoms with Crippen LogP contribution in [-0.4, -0.2) is 35.9 Å². The Kier molecular flexibility index (Phi) is 9.48. The summed E-state index contributed by atoms with van der Waals surface area (Å²) in [5, 5.41) is 8.77. The molecule has 0 aliphatic carbocycles. The minimum atomic E-state index is -0.649. The Morgan fingerprint density at radius 1 is 0.833 bits per heavy atom. The van der Waals surface area contributed by atoms with Gasteiger partial charge in [-0.05, 0) is 23.5 Å². The zero-order valence-corrected chi connectivity index (χ0v) is 18.7. The van der Waals surface area contributed by atoms with Crippen molar-refractivity contribution >= 4 is 29.0 Å². The number of carbonyl (C=O) groups is 2. The Labute approximate surface area is 184 Å². The van der Waals surface area contributed by atoms with Crippen LogP contribution in [0.5, 0.6) is 0 Å². The van der Waals surface area contributed by atoms with Gasteiger partial charge in [-0.3, -0.25) is 9.59 Å². The van der Waals surface area contributed by atoms with Crippen LogP contribution in [0.3, 0.4) is 0 Å². The second-order valence-electron chi connectivity index (χ2n) is 7.78. The molecule has 2 rings (SSSR count). The highest BCUT2D eigenvalue weighted by Gasteiger charge is 2.26. The molecule has 160 valence electrons. The summed E-state index contributed by atoms with van der Waals surface area (Å²) in [6.07, 6.45) is 1.61. The Morgan fingerprint density at radius 3 is 1.93 bits per heavy atom. The molecular weight excluding hydrogens is 394 g/mol. The number of amides is 2. The fraction of sp³-hybridized carbons (Fsp3) is 0.375. The number of hydrogen-bond acceptors (Lipinski definition) is 3. The Morgan fingerprint density at radius 2 is 1.40 bits per heavy atom. The fourth-order valence-corrected chi connectivity index (χ4v) is 3.54. The van der Waals surface area contributed by atoms with Crippen molar-refractivity contribution < 1.29 is 9.59 Å². The maximum Gasteiger partial charge on any atom is 0.243 e. The Hall–Kier alpha value is -2.73. The van der Waals surface area contributed by atoms with Crippen molar-refractivity contribution in [3.8, 4) is 0 Å². The second kappa shape index (κ2) is 12.1. The molecule has 0 unspecified atom stereocenters. The van der Waals surface area contributed by atoms with Gasteiger partial charge >= 0.3 is 0 Å². The quantitative estimate of drug-likeness (QED) is 0.512. The minimum absolute atomic E-state index is 0.219. The van der Waals surface area contributed by atoms with Gasteiger partial charge in [0.1, 0.15) is 12.1 Å². The second-order valence-corrected chi connectivity index (χ2v) is 8.27. The molecule has 0 spiro atoms. The molecule has 2 aromatic carbocycles. The monoisotopic (exact) mass is 425 g/mol. The van der Waals surface area contributed by atoms with Gasteiger partial charge in [0.15, 0.2) is 0 Å². The highest BCUT2D eigenvalue weighted by molar-refractivity contribution is 7.80. The van der Waals surface area contributed by atoms with Crippen LogP contribution in [0, 0.1) is 5.92 Å². The van der Waals surface area contributed by atoms with Gasteiger partial charge in [0.2, 0.25) is 11.8 Å². The number of rotatable bonds is 10. The normalized spacial score (nSPS) is 12.7. The number of nitrogens with one attached hydrogen (secondary N) is 3. The molecule has 3 N–H and O–H groups in total. The van der Waals surface area contributed by atoms with Crippen LogP contribution < -0.4 is 16.0 Å². The van der Waals surface area contributed by atoms with Crippen LogP contribution in [-0.2, 0) is 22.4 Å². The van der Waals surface area contributed by atoms with Gasteiger partial charge in [-0.15, -0.1) is 0 Å². The van der Waals surface area contributed by atoms with Crippen LogP contribution in [0.2, 0.25) is 0 Å². The van der Waals surface area contributed by atoms with Crippen molar-refractivity contribution in [1.82, 2.24) is 16.0 Å². The van der Waals surface area contributed by atoms with Gasteiger partial charge in [0.25, 0.3) is 0 Å². The Balaban J connectivity index is 2.07. The van der Waals surface area contributed by atoms with Gasteiger partial charge in [-0.25, -0.2) is 0 Å². The third-order valence-corrected chi connectivity index (χ3v) is 4.99. The van der Waals surface area contributed by atoms with Crippen LogP contribution >= 0.6 is 12.2 Å². The van der Waals surface area contributed by atoms with Crippen molar-refractivity contribution in [2.24, 2.45) is 5.92 Å². The molecule has 0 heterocycles. The molecule has 0 radical (unpaired) electrons. The summed E-state index contributed by atoms with van der Waals surface area (Å²) in [4.78, 5) is 26.1. The lowest BCUT2D eigenvalue weighted by molar-refractivity contribution is -0.129. The van der Waals surface area contributed by atoms with Crippen molar-refractivity contribution in [3.05, 3.63) is 71.8 Å². The summed E-state index contributed by atoms with van der Waals surface area (Å²) in [6.45, 7) is 4.12. The average molecular weight is 426 g/mol. The van der Waals surface area contributed by atoms with Gasteiger partial charge < -0.3 is 16.0 Å². The van der Waals surface area contributed by atoms with Gasteiger partial charge in [-0.2, -0.15) is 0 Å². The zero-order valence-electron chi connectivity index (χ0n) is 17.9. The van der Waals surface area contributed by atoms with E-state index in [9.17, 15) is 9.59 Å². The first-order valence-electron chi connectivity index (χ1n) is 10.3.